The highest BCUT2D eigenvalue weighted by atomic mass is 35.5. The molecule has 1 aromatic rings. The van der Waals surface area contributed by atoms with E-state index >= 15 is 0 Å². The number of nitrogen functional groups attached to an aromatic ring is 1. The fraction of sp³-hybridized carbons (Fsp3) is 0.462. The predicted molar refractivity (Wildman–Crippen MR) is 74.7 cm³/mol. The number of benzene rings is 1. The summed E-state index contributed by atoms with van der Waals surface area (Å²) in [5, 5.41) is 2.91. The SMILES string of the molecule is CCCCCNC(=O)c1cc(N)ccc1C.Cl. The molecular weight excluding hydrogens is 236 g/mol. The van der Waals surface area contributed by atoms with Crippen LogP contribution in [0.4, 0.5) is 5.69 Å². The summed E-state index contributed by atoms with van der Waals surface area (Å²) in [4.78, 5) is 11.8. The van der Waals surface area contributed by atoms with Gasteiger partial charge in [-0.1, -0.05) is 25.8 Å². The van der Waals surface area contributed by atoms with Crippen molar-refractivity contribution in [2.75, 3.05) is 12.3 Å². The van der Waals surface area contributed by atoms with Crippen LogP contribution in [-0.4, -0.2) is 12.5 Å². The molecule has 3 nitrogen and oxygen atoms in total. The Bertz CT molecular complexity index is 366. The van der Waals surface area contributed by atoms with Crippen LogP contribution >= 0.6 is 12.4 Å². The summed E-state index contributed by atoms with van der Waals surface area (Å²) in [6, 6.07) is 5.41. The van der Waals surface area contributed by atoms with E-state index in [1.54, 1.807) is 6.07 Å². The number of anilines is 1. The largest absolute Gasteiger partial charge is 0.399 e. The van der Waals surface area contributed by atoms with Crippen molar-refractivity contribution in [2.24, 2.45) is 0 Å². The lowest BCUT2D eigenvalue weighted by molar-refractivity contribution is 0.0952. The van der Waals surface area contributed by atoms with Crippen LogP contribution < -0.4 is 11.1 Å². The van der Waals surface area contributed by atoms with E-state index in [9.17, 15) is 4.79 Å². The molecule has 0 spiro atoms. The maximum Gasteiger partial charge on any atom is 0.251 e. The van der Waals surface area contributed by atoms with Gasteiger partial charge in [-0.2, -0.15) is 0 Å². The van der Waals surface area contributed by atoms with Crippen molar-refractivity contribution in [3.63, 3.8) is 0 Å². The fourth-order valence-electron chi connectivity index (χ4n) is 1.56. The van der Waals surface area contributed by atoms with Crippen LogP contribution in [0.5, 0.6) is 0 Å². The minimum absolute atomic E-state index is 0. The molecule has 0 heterocycles. The molecule has 0 aliphatic heterocycles. The summed E-state index contributed by atoms with van der Waals surface area (Å²) >= 11 is 0. The van der Waals surface area contributed by atoms with E-state index in [1.807, 2.05) is 19.1 Å². The second kappa shape index (κ2) is 7.96. The minimum atomic E-state index is -0.0269. The van der Waals surface area contributed by atoms with Gasteiger partial charge in [-0.3, -0.25) is 4.79 Å². The molecule has 4 heteroatoms. The minimum Gasteiger partial charge on any atom is -0.399 e. The second-order valence-electron chi connectivity index (χ2n) is 4.04. The first-order valence-electron chi connectivity index (χ1n) is 5.79. The van der Waals surface area contributed by atoms with Crippen LogP contribution in [0.3, 0.4) is 0 Å². The van der Waals surface area contributed by atoms with Crippen LogP contribution in [-0.2, 0) is 0 Å². The average Bonchev–Trinajstić information content (AvgIpc) is 2.27. The molecule has 0 saturated heterocycles. The van der Waals surface area contributed by atoms with Gasteiger partial charge < -0.3 is 11.1 Å². The maximum atomic E-state index is 11.8. The highest BCUT2D eigenvalue weighted by molar-refractivity contribution is 5.96. The number of nitrogens with one attached hydrogen (secondary N) is 1. The van der Waals surface area contributed by atoms with E-state index in [0.717, 1.165) is 31.4 Å². The number of amides is 1. The third-order valence-electron chi connectivity index (χ3n) is 2.57. The standard InChI is InChI=1S/C13H20N2O.ClH/c1-3-4-5-8-15-13(16)12-9-11(14)7-6-10(12)2;/h6-7,9H,3-5,8,14H2,1-2H3,(H,15,16);1H. The second-order valence-corrected chi connectivity index (χ2v) is 4.04. The summed E-state index contributed by atoms with van der Waals surface area (Å²) < 4.78 is 0. The van der Waals surface area contributed by atoms with E-state index in [0.29, 0.717) is 11.3 Å². The molecule has 1 aromatic carbocycles. The molecule has 0 atom stereocenters. The summed E-state index contributed by atoms with van der Waals surface area (Å²) in [5.74, 6) is -0.0269. The Morgan fingerprint density at radius 2 is 2.06 bits per heavy atom. The first kappa shape index (κ1) is 15.8. The number of hydrogen-bond acceptors (Lipinski definition) is 2. The Labute approximate surface area is 109 Å². The van der Waals surface area contributed by atoms with Gasteiger partial charge in [0.15, 0.2) is 0 Å². The molecule has 0 bridgehead atoms. The molecule has 0 aromatic heterocycles. The molecule has 0 unspecified atom stereocenters. The van der Waals surface area contributed by atoms with Crippen molar-refractivity contribution in [3.8, 4) is 0 Å². The molecule has 1 amide bonds. The zero-order chi connectivity index (χ0) is 12.0. The predicted octanol–water partition coefficient (Wildman–Crippen LogP) is 2.92. The molecule has 1 rings (SSSR count). The number of hydrogen-bond donors (Lipinski definition) is 2. The van der Waals surface area contributed by atoms with Crippen LogP contribution in [0, 0.1) is 6.92 Å². The summed E-state index contributed by atoms with van der Waals surface area (Å²) in [5.41, 5.74) is 7.93. The smallest absolute Gasteiger partial charge is 0.251 e. The fourth-order valence-corrected chi connectivity index (χ4v) is 1.56. The monoisotopic (exact) mass is 256 g/mol. The van der Waals surface area contributed by atoms with Gasteiger partial charge in [0.05, 0.1) is 0 Å². The van der Waals surface area contributed by atoms with E-state index in [-0.39, 0.29) is 18.3 Å². The number of unbranched alkanes of at least 4 members (excludes halogenated alkanes) is 2. The molecule has 0 radical (unpaired) electrons. The molecule has 0 aliphatic rings. The Kier molecular flexibility index (Phi) is 7.39. The molecule has 0 aliphatic carbocycles. The van der Waals surface area contributed by atoms with Crippen molar-refractivity contribution < 1.29 is 4.79 Å². The lowest BCUT2D eigenvalue weighted by atomic mass is 10.1. The Morgan fingerprint density at radius 1 is 1.35 bits per heavy atom. The number of aryl methyl sites for hydroxylation is 1. The molecule has 96 valence electrons. The average molecular weight is 257 g/mol. The Morgan fingerprint density at radius 3 is 2.71 bits per heavy atom. The Hall–Kier alpha value is -1.22. The first-order chi connectivity index (χ1) is 7.65. The normalized spacial score (nSPS) is 9.53. The number of nitrogens with two attached hydrogens (primary N) is 1. The zero-order valence-electron chi connectivity index (χ0n) is 10.5. The van der Waals surface area contributed by atoms with Crippen molar-refractivity contribution in [3.05, 3.63) is 29.3 Å². The van der Waals surface area contributed by atoms with Crippen molar-refractivity contribution >= 4 is 24.0 Å². The third kappa shape index (κ3) is 5.09. The van der Waals surface area contributed by atoms with Gasteiger partial charge in [0.25, 0.3) is 5.91 Å². The van der Waals surface area contributed by atoms with Gasteiger partial charge in [-0.15, -0.1) is 12.4 Å². The number of carbonyl (C=O) groups is 1. The Balaban J connectivity index is 0.00000256. The molecule has 0 saturated carbocycles. The summed E-state index contributed by atoms with van der Waals surface area (Å²) in [7, 11) is 0. The van der Waals surface area contributed by atoms with Gasteiger partial charge in [-0.05, 0) is 31.0 Å². The number of halogens is 1. The maximum absolute atomic E-state index is 11.8. The van der Waals surface area contributed by atoms with E-state index in [2.05, 4.69) is 12.2 Å². The van der Waals surface area contributed by atoms with Gasteiger partial charge in [0, 0.05) is 17.8 Å². The highest BCUT2D eigenvalue weighted by Gasteiger charge is 2.08. The first-order valence-corrected chi connectivity index (χ1v) is 5.79. The van der Waals surface area contributed by atoms with Crippen molar-refractivity contribution in [1.82, 2.24) is 5.32 Å². The quantitative estimate of drug-likeness (QED) is 0.629. The van der Waals surface area contributed by atoms with Gasteiger partial charge in [0.2, 0.25) is 0 Å². The summed E-state index contributed by atoms with van der Waals surface area (Å²) in [6.45, 7) is 4.80. The highest BCUT2D eigenvalue weighted by Crippen LogP contribution is 2.12. The van der Waals surface area contributed by atoms with Crippen LogP contribution in [0.25, 0.3) is 0 Å². The van der Waals surface area contributed by atoms with E-state index < -0.39 is 0 Å². The van der Waals surface area contributed by atoms with Crippen molar-refractivity contribution in [1.29, 1.82) is 0 Å². The van der Waals surface area contributed by atoms with Crippen LogP contribution in [0.15, 0.2) is 18.2 Å². The van der Waals surface area contributed by atoms with Gasteiger partial charge in [0.1, 0.15) is 0 Å². The van der Waals surface area contributed by atoms with Crippen LogP contribution in [0.1, 0.15) is 42.1 Å². The van der Waals surface area contributed by atoms with Gasteiger partial charge in [-0.25, -0.2) is 0 Å². The van der Waals surface area contributed by atoms with E-state index in [4.69, 9.17) is 5.73 Å². The van der Waals surface area contributed by atoms with Crippen molar-refractivity contribution in [2.45, 2.75) is 33.1 Å². The lowest BCUT2D eigenvalue weighted by Crippen LogP contribution is -2.25. The topological polar surface area (TPSA) is 55.1 Å². The van der Waals surface area contributed by atoms with Gasteiger partial charge >= 0.3 is 0 Å². The number of carbonyl (C=O) groups excluding carboxylic acids is 1. The summed E-state index contributed by atoms with van der Waals surface area (Å²) in [6.07, 6.45) is 3.34. The number of rotatable bonds is 5. The molecule has 0 fully saturated rings. The third-order valence-corrected chi connectivity index (χ3v) is 2.57. The van der Waals surface area contributed by atoms with E-state index in [1.165, 1.54) is 0 Å². The zero-order valence-corrected chi connectivity index (χ0v) is 11.3. The molecular formula is C13H21ClN2O. The van der Waals surface area contributed by atoms with Crippen LogP contribution in [0.2, 0.25) is 0 Å². The molecule has 3 N–H and O–H groups in total. The lowest BCUT2D eigenvalue weighted by Gasteiger charge is -2.08. The molecule has 17 heavy (non-hydrogen) atoms.